The van der Waals surface area contributed by atoms with Gasteiger partial charge in [0.2, 0.25) is 5.91 Å². The molecular weight excluding hydrogens is 267 g/mol. The fourth-order valence-corrected chi connectivity index (χ4v) is 2.36. The van der Waals surface area contributed by atoms with Crippen LogP contribution in [0.15, 0.2) is 24.3 Å². The van der Waals surface area contributed by atoms with E-state index >= 15 is 0 Å². The molecule has 1 unspecified atom stereocenters. The highest BCUT2D eigenvalue weighted by Crippen LogP contribution is 2.18. The molecule has 0 fully saturated rings. The first-order chi connectivity index (χ1) is 9.76. The van der Waals surface area contributed by atoms with Crippen LogP contribution < -0.4 is 5.73 Å². The maximum absolute atomic E-state index is 13.6. The number of benzene rings is 1. The standard InChI is InChI=1S/C17H27FN2O/c1-13(9-10-14-7-5-6-8-15(14)18)16(21)20(4)12-17(2,3)11-19/h5-8,13H,9-12,19H2,1-4H3. The molecule has 0 bridgehead atoms. The van der Waals surface area contributed by atoms with E-state index in [0.717, 1.165) is 0 Å². The van der Waals surface area contributed by atoms with Crippen LogP contribution in [0, 0.1) is 17.2 Å². The lowest BCUT2D eigenvalue weighted by Crippen LogP contribution is -2.41. The zero-order chi connectivity index (χ0) is 16.0. The van der Waals surface area contributed by atoms with E-state index < -0.39 is 0 Å². The van der Waals surface area contributed by atoms with E-state index in [0.29, 0.717) is 31.5 Å². The van der Waals surface area contributed by atoms with Gasteiger partial charge in [-0.1, -0.05) is 39.0 Å². The Morgan fingerprint density at radius 3 is 2.57 bits per heavy atom. The number of nitrogens with two attached hydrogens (primary N) is 1. The highest BCUT2D eigenvalue weighted by atomic mass is 19.1. The molecule has 1 amide bonds. The summed E-state index contributed by atoms with van der Waals surface area (Å²) in [6.45, 7) is 7.15. The first-order valence-corrected chi connectivity index (χ1v) is 7.45. The minimum absolute atomic E-state index is 0.0876. The summed E-state index contributed by atoms with van der Waals surface area (Å²) in [4.78, 5) is 14.1. The van der Waals surface area contributed by atoms with Gasteiger partial charge < -0.3 is 10.6 Å². The fraction of sp³-hybridized carbons (Fsp3) is 0.588. The zero-order valence-electron chi connectivity index (χ0n) is 13.5. The predicted octanol–water partition coefficient (Wildman–Crippen LogP) is 2.84. The fourth-order valence-electron chi connectivity index (χ4n) is 2.36. The summed E-state index contributed by atoms with van der Waals surface area (Å²) in [5.41, 5.74) is 6.28. The van der Waals surface area contributed by atoms with Gasteiger partial charge in [0.05, 0.1) is 0 Å². The van der Waals surface area contributed by atoms with Crippen LogP contribution in [-0.2, 0) is 11.2 Å². The molecule has 0 spiro atoms. The summed E-state index contributed by atoms with van der Waals surface area (Å²) in [5.74, 6) is -0.231. The normalized spacial score (nSPS) is 13.0. The van der Waals surface area contributed by atoms with Gasteiger partial charge in [0.25, 0.3) is 0 Å². The highest BCUT2D eigenvalue weighted by Gasteiger charge is 2.24. The molecule has 118 valence electrons. The number of nitrogens with zero attached hydrogens (tertiary/aromatic N) is 1. The topological polar surface area (TPSA) is 46.3 Å². The maximum Gasteiger partial charge on any atom is 0.225 e. The molecule has 1 aromatic rings. The molecule has 1 rings (SSSR count). The lowest BCUT2D eigenvalue weighted by Gasteiger charge is -2.30. The molecule has 0 heterocycles. The second kappa shape index (κ2) is 7.55. The average Bonchev–Trinajstić information content (AvgIpc) is 2.44. The molecule has 2 N–H and O–H groups in total. The quantitative estimate of drug-likeness (QED) is 0.840. The third-order valence-electron chi connectivity index (χ3n) is 3.82. The molecule has 0 saturated carbocycles. The summed E-state index contributed by atoms with van der Waals surface area (Å²) in [5, 5.41) is 0. The van der Waals surface area contributed by atoms with Crippen LogP contribution in [0.2, 0.25) is 0 Å². The van der Waals surface area contributed by atoms with Crippen molar-refractivity contribution in [1.29, 1.82) is 0 Å². The minimum Gasteiger partial charge on any atom is -0.345 e. The second-order valence-corrected chi connectivity index (χ2v) is 6.59. The van der Waals surface area contributed by atoms with Crippen molar-refractivity contribution in [3.05, 3.63) is 35.6 Å². The van der Waals surface area contributed by atoms with Gasteiger partial charge in [-0.25, -0.2) is 4.39 Å². The Hall–Kier alpha value is -1.42. The Balaban J connectivity index is 2.53. The van der Waals surface area contributed by atoms with E-state index in [2.05, 4.69) is 0 Å². The number of carbonyl (C=O) groups is 1. The Morgan fingerprint density at radius 1 is 1.38 bits per heavy atom. The minimum atomic E-state index is -0.199. The van der Waals surface area contributed by atoms with Crippen molar-refractivity contribution in [1.82, 2.24) is 4.90 Å². The molecule has 21 heavy (non-hydrogen) atoms. The average molecular weight is 294 g/mol. The van der Waals surface area contributed by atoms with Crippen molar-refractivity contribution < 1.29 is 9.18 Å². The van der Waals surface area contributed by atoms with Crippen LogP contribution in [0.4, 0.5) is 4.39 Å². The third kappa shape index (κ3) is 5.46. The summed E-state index contributed by atoms with van der Waals surface area (Å²) >= 11 is 0. The molecule has 3 nitrogen and oxygen atoms in total. The van der Waals surface area contributed by atoms with Crippen LogP contribution >= 0.6 is 0 Å². The van der Waals surface area contributed by atoms with Gasteiger partial charge in [0.15, 0.2) is 0 Å². The van der Waals surface area contributed by atoms with Gasteiger partial charge in [0.1, 0.15) is 5.82 Å². The third-order valence-corrected chi connectivity index (χ3v) is 3.82. The molecule has 0 aliphatic carbocycles. The number of hydrogen-bond acceptors (Lipinski definition) is 2. The van der Waals surface area contributed by atoms with Gasteiger partial charge in [-0.2, -0.15) is 0 Å². The van der Waals surface area contributed by atoms with Crippen LogP contribution in [0.1, 0.15) is 32.8 Å². The lowest BCUT2D eigenvalue weighted by atomic mass is 9.92. The van der Waals surface area contributed by atoms with Gasteiger partial charge in [0, 0.05) is 19.5 Å². The molecule has 1 atom stereocenters. The zero-order valence-corrected chi connectivity index (χ0v) is 13.5. The first kappa shape index (κ1) is 17.6. The second-order valence-electron chi connectivity index (χ2n) is 6.59. The molecular formula is C17H27FN2O. The Bertz CT molecular complexity index is 474. The van der Waals surface area contributed by atoms with E-state index in [1.807, 2.05) is 26.8 Å². The smallest absolute Gasteiger partial charge is 0.225 e. The van der Waals surface area contributed by atoms with Crippen molar-refractivity contribution in [3.8, 4) is 0 Å². The van der Waals surface area contributed by atoms with E-state index in [-0.39, 0.29) is 23.1 Å². The van der Waals surface area contributed by atoms with E-state index in [9.17, 15) is 9.18 Å². The van der Waals surface area contributed by atoms with Gasteiger partial charge >= 0.3 is 0 Å². The number of halogens is 1. The van der Waals surface area contributed by atoms with Crippen LogP contribution in [0.5, 0.6) is 0 Å². The lowest BCUT2D eigenvalue weighted by molar-refractivity contribution is -0.135. The molecule has 4 heteroatoms. The van der Waals surface area contributed by atoms with E-state index in [1.54, 1.807) is 24.1 Å². The molecule has 0 aliphatic heterocycles. The largest absolute Gasteiger partial charge is 0.345 e. The SMILES string of the molecule is CC(CCc1ccccc1F)C(=O)N(C)CC(C)(C)CN. The number of carbonyl (C=O) groups excluding carboxylic acids is 1. The van der Waals surface area contributed by atoms with E-state index in [4.69, 9.17) is 5.73 Å². The molecule has 0 radical (unpaired) electrons. The summed E-state index contributed by atoms with van der Waals surface area (Å²) in [6.07, 6.45) is 1.22. The van der Waals surface area contributed by atoms with Crippen molar-refractivity contribution in [2.75, 3.05) is 20.1 Å². The summed E-state index contributed by atoms with van der Waals surface area (Å²) in [7, 11) is 1.80. The number of aryl methyl sites for hydroxylation is 1. The predicted molar refractivity (Wildman–Crippen MR) is 84.4 cm³/mol. The van der Waals surface area contributed by atoms with Crippen LogP contribution in [-0.4, -0.2) is 30.9 Å². The maximum atomic E-state index is 13.6. The number of hydrogen-bond donors (Lipinski definition) is 1. The van der Waals surface area contributed by atoms with Crippen molar-refractivity contribution in [2.45, 2.75) is 33.6 Å². The first-order valence-electron chi connectivity index (χ1n) is 7.45. The molecule has 0 saturated heterocycles. The van der Waals surface area contributed by atoms with Gasteiger partial charge in [-0.3, -0.25) is 4.79 Å². The molecule has 1 aromatic carbocycles. The number of rotatable bonds is 7. The van der Waals surface area contributed by atoms with Crippen LogP contribution in [0.25, 0.3) is 0 Å². The summed E-state index contributed by atoms with van der Waals surface area (Å²) in [6, 6.07) is 6.72. The van der Waals surface area contributed by atoms with Crippen molar-refractivity contribution >= 4 is 5.91 Å². The van der Waals surface area contributed by atoms with Crippen LogP contribution in [0.3, 0.4) is 0 Å². The Labute approximate surface area is 127 Å². The molecule has 0 aliphatic rings. The Morgan fingerprint density at radius 2 is 2.00 bits per heavy atom. The van der Waals surface area contributed by atoms with Crippen molar-refractivity contribution in [3.63, 3.8) is 0 Å². The highest BCUT2D eigenvalue weighted by molar-refractivity contribution is 5.78. The van der Waals surface area contributed by atoms with Crippen molar-refractivity contribution in [2.24, 2.45) is 17.1 Å². The summed E-state index contributed by atoms with van der Waals surface area (Å²) < 4.78 is 13.6. The molecule has 0 aromatic heterocycles. The van der Waals surface area contributed by atoms with E-state index in [1.165, 1.54) is 6.07 Å². The Kier molecular flexibility index (Phi) is 6.34. The van der Waals surface area contributed by atoms with Gasteiger partial charge in [-0.15, -0.1) is 0 Å². The number of amides is 1. The monoisotopic (exact) mass is 294 g/mol. The van der Waals surface area contributed by atoms with Gasteiger partial charge in [-0.05, 0) is 36.4 Å².